The molecule has 1 aliphatic rings. The molecule has 1 aliphatic heterocycles. The summed E-state index contributed by atoms with van der Waals surface area (Å²) in [4.78, 5) is 17.1. The van der Waals surface area contributed by atoms with Crippen LogP contribution < -0.4 is 9.64 Å². The molecule has 140 valence electrons. The SMILES string of the molecule is COc1ccccc1N1CCN(C(=O)c2cc(C(C)(C)C)nn2C)CC1. The number of carbonyl (C=O) groups excluding carboxylic acids is 1. The van der Waals surface area contributed by atoms with Crippen molar-refractivity contribution in [3.8, 4) is 5.75 Å². The molecule has 3 rings (SSSR count). The standard InChI is InChI=1S/C20H28N4O2/c1-20(2,3)18-14-16(22(4)21-18)19(25)24-12-10-23(11-13-24)15-8-6-7-9-17(15)26-5/h6-9,14H,10-13H2,1-5H3. The maximum atomic E-state index is 12.9. The number of piperazine rings is 1. The molecule has 1 aromatic heterocycles. The molecule has 0 aliphatic carbocycles. The van der Waals surface area contributed by atoms with E-state index in [0.29, 0.717) is 18.8 Å². The molecule has 0 saturated carbocycles. The summed E-state index contributed by atoms with van der Waals surface area (Å²) in [6.45, 7) is 9.27. The monoisotopic (exact) mass is 356 g/mol. The minimum atomic E-state index is -0.0706. The molecule has 2 heterocycles. The lowest BCUT2D eigenvalue weighted by molar-refractivity contribution is 0.0735. The van der Waals surface area contributed by atoms with Gasteiger partial charge in [0.1, 0.15) is 11.4 Å². The first kappa shape index (κ1) is 18.3. The number of amides is 1. The minimum Gasteiger partial charge on any atom is -0.495 e. The van der Waals surface area contributed by atoms with Crippen molar-refractivity contribution < 1.29 is 9.53 Å². The van der Waals surface area contributed by atoms with Crippen LogP contribution in [0.5, 0.6) is 5.75 Å². The van der Waals surface area contributed by atoms with Crippen LogP contribution in [0.25, 0.3) is 0 Å². The molecule has 2 aromatic rings. The highest BCUT2D eigenvalue weighted by atomic mass is 16.5. The van der Waals surface area contributed by atoms with E-state index in [0.717, 1.165) is 30.2 Å². The van der Waals surface area contributed by atoms with E-state index in [1.165, 1.54) is 0 Å². The summed E-state index contributed by atoms with van der Waals surface area (Å²) in [7, 11) is 3.53. The molecule has 6 nitrogen and oxygen atoms in total. The second-order valence-corrected chi connectivity index (χ2v) is 7.74. The normalized spacial score (nSPS) is 15.3. The van der Waals surface area contributed by atoms with Gasteiger partial charge in [0.15, 0.2) is 0 Å². The molecule has 1 saturated heterocycles. The highest BCUT2D eigenvalue weighted by Crippen LogP contribution is 2.28. The van der Waals surface area contributed by atoms with Crippen molar-refractivity contribution in [3.63, 3.8) is 0 Å². The van der Waals surface area contributed by atoms with Crippen molar-refractivity contribution in [2.45, 2.75) is 26.2 Å². The zero-order valence-electron chi connectivity index (χ0n) is 16.3. The van der Waals surface area contributed by atoms with Gasteiger partial charge in [0.2, 0.25) is 0 Å². The van der Waals surface area contributed by atoms with E-state index in [9.17, 15) is 4.79 Å². The zero-order chi connectivity index (χ0) is 18.9. The third-order valence-electron chi connectivity index (χ3n) is 4.86. The van der Waals surface area contributed by atoms with E-state index in [-0.39, 0.29) is 11.3 Å². The Bertz CT molecular complexity index is 783. The Morgan fingerprint density at radius 2 is 1.77 bits per heavy atom. The minimum absolute atomic E-state index is 0.0511. The smallest absolute Gasteiger partial charge is 0.272 e. The number of methoxy groups -OCH3 is 1. The predicted molar refractivity (Wildman–Crippen MR) is 103 cm³/mol. The molecule has 6 heteroatoms. The number of carbonyl (C=O) groups is 1. The predicted octanol–water partition coefficient (Wildman–Crippen LogP) is 2.69. The molecule has 0 spiro atoms. The lowest BCUT2D eigenvalue weighted by Gasteiger charge is -2.36. The topological polar surface area (TPSA) is 50.6 Å². The Hall–Kier alpha value is -2.50. The van der Waals surface area contributed by atoms with E-state index >= 15 is 0 Å². The maximum Gasteiger partial charge on any atom is 0.272 e. The molecule has 0 N–H and O–H groups in total. The third kappa shape index (κ3) is 3.54. The van der Waals surface area contributed by atoms with Gasteiger partial charge in [-0.25, -0.2) is 0 Å². The molecule has 1 aromatic carbocycles. The molecule has 26 heavy (non-hydrogen) atoms. The van der Waals surface area contributed by atoms with E-state index in [4.69, 9.17) is 4.74 Å². The van der Waals surface area contributed by atoms with Gasteiger partial charge in [-0.05, 0) is 18.2 Å². The number of hydrogen-bond donors (Lipinski definition) is 0. The van der Waals surface area contributed by atoms with Crippen molar-refractivity contribution >= 4 is 11.6 Å². The number of nitrogens with zero attached hydrogens (tertiary/aromatic N) is 4. The molecule has 0 atom stereocenters. The largest absolute Gasteiger partial charge is 0.495 e. The number of aromatic nitrogens is 2. The van der Waals surface area contributed by atoms with Crippen LogP contribution in [0.1, 0.15) is 37.0 Å². The number of benzene rings is 1. The zero-order valence-corrected chi connectivity index (χ0v) is 16.3. The van der Waals surface area contributed by atoms with Crippen molar-refractivity contribution in [2.75, 3.05) is 38.2 Å². The molecule has 1 fully saturated rings. The molecular weight excluding hydrogens is 328 g/mol. The fraction of sp³-hybridized carbons (Fsp3) is 0.500. The second-order valence-electron chi connectivity index (χ2n) is 7.74. The van der Waals surface area contributed by atoms with Gasteiger partial charge in [-0.3, -0.25) is 9.48 Å². The van der Waals surface area contributed by atoms with Crippen molar-refractivity contribution in [1.29, 1.82) is 0 Å². The Morgan fingerprint density at radius 1 is 1.12 bits per heavy atom. The Labute approximate surface area is 155 Å². The van der Waals surface area contributed by atoms with Gasteiger partial charge in [0, 0.05) is 38.6 Å². The number of ether oxygens (including phenoxy) is 1. The van der Waals surface area contributed by atoms with E-state index in [1.54, 1.807) is 11.8 Å². The average molecular weight is 356 g/mol. The second kappa shape index (κ2) is 7.02. The molecule has 0 bridgehead atoms. The van der Waals surface area contributed by atoms with Crippen LogP contribution in [-0.2, 0) is 12.5 Å². The number of rotatable bonds is 3. The first-order chi connectivity index (χ1) is 12.3. The van der Waals surface area contributed by atoms with E-state index < -0.39 is 0 Å². The van der Waals surface area contributed by atoms with Crippen LogP contribution in [-0.4, -0.2) is 53.9 Å². The van der Waals surface area contributed by atoms with Gasteiger partial charge in [0.25, 0.3) is 5.91 Å². The van der Waals surface area contributed by atoms with Gasteiger partial charge in [-0.15, -0.1) is 0 Å². The Kier molecular flexibility index (Phi) is 4.94. The highest BCUT2D eigenvalue weighted by molar-refractivity contribution is 5.93. The van der Waals surface area contributed by atoms with Gasteiger partial charge >= 0.3 is 0 Å². The molecule has 1 amide bonds. The number of hydrogen-bond acceptors (Lipinski definition) is 4. The lowest BCUT2D eigenvalue weighted by Crippen LogP contribution is -2.49. The van der Waals surface area contributed by atoms with Crippen molar-refractivity contribution in [1.82, 2.24) is 14.7 Å². The Morgan fingerprint density at radius 3 is 2.35 bits per heavy atom. The van der Waals surface area contributed by atoms with Gasteiger partial charge < -0.3 is 14.5 Å². The van der Waals surface area contributed by atoms with Crippen LogP contribution in [0.3, 0.4) is 0 Å². The lowest BCUT2D eigenvalue weighted by atomic mass is 9.92. The van der Waals surface area contributed by atoms with Crippen LogP contribution in [0.4, 0.5) is 5.69 Å². The van der Waals surface area contributed by atoms with Crippen molar-refractivity contribution in [2.24, 2.45) is 7.05 Å². The third-order valence-corrected chi connectivity index (χ3v) is 4.86. The summed E-state index contributed by atoms with van der Waals surface area (Å²) in [5.41, 5.74) is 2.60. The number of para-hydroxylation sites is 2. The molecule has 0 unspecified atom stereocenters. The first-order valence-corrected chi connectivity index (χ1v) is 9.03. The fourth-order valence-electron chi connectivity index (χ4n) is 3.24. The highest BCUT2D eigenvalue weighted by Gasteiger charge is 2.27. The van der Waals surface area contributed by atoms with Crippen LogP contribution in [0, 0.1) is 0 Å². The fourth-order valence-corrected chi connectivity index (χ4v) is 3.24. The van der Waals surface area contributed by atoms with Crippen LogP contribution in [0.2, 0.25) is 0 Å². The summed E-state index contributed by atoms with van der Waals surface area (Å²) >= 11 is 0. The van der Waals surface area contributed by atoms with Gasteiger partial charge in [-0.1, -0.05) is 32.9 Å². The summed E-state index contributed by atoms with van der Waals surface area (Å²) < 4.78 is 7.16. The molecule has 0 radical (unpaired) electrons. The quantitative estimate of drug-likeness (QED) is 0.848. The van der Waals surface area contributed by atoms with Gasteiger partial charge in [-0.2, -0.15) is 5.10 Å². The average Bonchev–Trinajstić information content (AvgIpc) is 3.03. The number of anilines is 1. The summed E-state index contributed by atoms with van der Waals surface area (Å²) in [5.74, 6) is 0.920. The first-order valence-electron chi connectivity index (χ1n) is 9.03. The summed E-state index contributed by atoms with van der Waals surface area (Å²) in [5, 5.41) is 4.53. The summed E-state index contributed by atoms with van der Waals surface area (Å²) in [6, 6.07) is 9.94. The van der Waals surface area contributed by atoms with Crippen molar-refractivity contribution in [3.05, 3.63) is 41.7 Å². The van der Waals surface area contributed by atoms with Crippen LogP contribution in [0.15, 0.2) is 30.3 Å². The van der Waals surface area contributed by atoms with E-state index in [2.05, 4.69) is 36.8 Å². The molecular formula is C20H28N4O2. The number of aryl methyl sites for hydroxylation is 1. The Balaban J connectivity index is 1.70. The van der Waals surface area contributed by atoms with Gasteiger partial charge in [0.05, 0.1) is 18.5 Å². The van der Waals surface area contributed by atoms with Crippen LogP contribution >= 0.6 is 0 Å². The van der Waals surface area contributed by atoms with E-state index in [1.807, 2.05) is 36.2 Å². The summed E-state index contributed by atoms with van der Waals surface area (Å²) in [6.07, 6.45) is 0. The maximum absolute atomic E-state index is 12.9.